The Morgan fingerprint density at radius 3 is 2.25 bits per heavy atom. The van der Waals surface area contributed by atoms with Crippen LogP contribution in [-0.4, -0.2) is 26.2 Å². The van der Waals surface area contributed by atoms with Gasteiger partial charge in [-0.15, -0.1) is 0 Å². The van der Waals surface area contributed by atoms with Gasteiger partial charge in [0.15, 0.2) is 5.78 Å². The van der Waals surface area contributed by atoms with Gasteiger partial charge in [0.25, 0.3) is 10.0 Å². The maximum atomic E-state index is 11.6. The summed E-state index contributed by atoms with van der Waals surface area (Å²) in [5.74, 6) is -0.0124. The molecule has 5 heteroatoms. The summed E-state index contributed by atoms with van der Waals surface area (Å²) in [5, 5.41) is 0. The minimum absolute atomic E-state index is 0.0570. The summed E-state index contributed by atoms with van der Waals surface area (Å²) in [7, 11) is -3.43. The maximum Gasteiger partial charge on any atom is 0.250 e. The molecule has 0 amide bonds. The van der Waals surface area contributed by atoms with E-state index in [9.17, 15) is 13.2 Å². The van der Waals surface area contributed by atoms with Crippen LogP contribution in [0.25, 0.3) is 0 Å². The van der Waals surface area contributed by atoms with Gasteiger partial charge in [-0.2, -0.15) is 4.40 Å². The topological polar surface area (TPSA) is 63.6 Å². The van der Waals surface area contributed by atoms with Crippen molar-refractivity contribution in [3.05, 3.63) is 23.3 Å². The number of rotatable bonds is 2. The first-order chi connectivity index (χ1) is 7.20. The van der Waals surface area contributed by atoms with Gasteiger partial charge in [0.1, 0.15) is 0 Å². The number of allylic oxidation sites excluding steroid dienone is 4. The third-order valence-corrected chi connectivity index (χ3v) is 2.74. The van der Waals surface area contributed by atoms with Gasteiger partial charge >= 0.3 is 0 Å². The molecule has 0 radical (unpaired) electrons. The van der Waals surface area contributed by atoms with E-state index in [-0.39, 0.29) is 11.7 Å². The second-order valence-corrected chi connectivity index (χ2v) is 5.80. The molecule has 0 N–H and O–H groups in total. The Morgan fingerprint density at radius 2 is 1.81 bits per heavy atom. The highest BCUT2D eigenvalue weighted by Crippen LogP contribution is 2.19. The SMILES string of the molecule is CC1=CC(=O)C(C(C)C)=CC1=NS(C)(=O)=O. The molecule has 0 saturated carbocycles. The van der Waals surface area contributed by atoms with Crippen molar-refractivity contribution in [3.63, 3.8) is 0 Å². The summed E-state index contributed by atoms with van der Waals surface area (Å²) in [5.41, 5.74) is 1.53. The van der Waals surface area contributed by atoms with E-state index in [4.69, 9.17) is 0 Å². The Labute approximate surface area is 95.8 Å². The minimum atomic E-state index is -3.43. The van der Waals surface area contributed by atoms with Gasteiger partial charge < -0.3 is 0 Å². The van der Waals surface area contributed by atoms with E-state index in [1.807, 2.05) is 13.8 Å². The van der Waals surface area contributed by atoms with E-state index in [0.29, 0.717) is 16.9 Å². The van der Waals surface area contributed by atoms with Gasteiger partial charge in [0.05, 0.1) is 12.0 Å². The van der Waals surface area contributed by atoms with Crippen molar-refractivity contribution in [2.45, 2.75) is 20.8 Å². The lowest BCUT2D eigenvalue weighted by Gasteiger charge is -2.14. The van der Waals surface area contributed by atoms with Crippen LogP contribution in [0.4, 0.5) is 0 Å². The van der Waals surface area contributed by atoms with Crippen molar-refractivity contribution in [1.82, 2.24) is 0 Å². The number of ketones is 1. The highest BCUT2D eigenvalue weighted by Gasteiger charge is 2.19. The Balaban J connectivity index is 3.27. The summed E-state index contributed by atoms with van der Waals surface area (Å²) in [4.78, 5) is 11.6. The molecular formula is C11H15NO3S. The molecule has 4 nitrogen and oxygen atoms in total. The Hall–Kier alpha value is -1.23. The number of carbonyl (C=O) groups is 1. The molecule has 0 aromatic heterocycles. The van der Waals surface area contributed by atoms with Crippen LogP contribution < -0.4 is 0 Å². The van der Waals surface area contributed by atoms with Gasteiger partial charge in [0.2, 0.25) is 0 Å². The van der Waals surface area contributed by atoms with E-state index in [2.05, 4.69) is 4.40 Å². The van der Waals surface area contributed by atoms with Crippen molar-refractivity contribution < 1.29 is 13.2 Å². The van der Waals surface area contributed by atoms with Gasteiger partial charge in [-0.25, -0.2) is 8.42 Å². The van der Waals surface area contributed by atoms with E-state index in [0.717, 1.165) is 6.26 Å². The molecule has 0 aromatic rings. The van der Waals surface area contributed by atoms with E-state index < -0.39 is 10.0 Å². The third-order valence-electron chi connectivity index (χ3n) is 2.21. The fourth-order valence-corrected chi connectivity index (χ4v) is 1.97. The number of hydrogen-bond acceptors (Lipinski definition) is 3. The highest BCUT2D eigenvalue weighted by atomic mass is 32.2. The van der Waals surface area contributed by atoms with Crippen molar-refractivity contribution >= 4 is 21.5 Å². The molecule has 0 unspecified atom stereocenters. The second kappa shape index (κ2) is 4.33. The zero-order chi connectivity index (χ0) is 12.5. The summed E-state index contributed by atoms with van der Waals surface area (Å²) in [6.45, 7) is 5.45. The monoisotopic (exact) mass is 241 g/mol. The molecule has 0 fully saturated rings. The predicted octanol–water partition coefficient (Wildman–Crippen LogP) is 1.50. The molecule has 1 aliphatic carbocycles. The average Bonchev–Trinajstić information content (AvgIpc) is 2.07. The molecule has 0 heterocycles. The quantitative estimate of drug-likeness (QED) is 0.688. The first kappa shape index (κ1) is 12.8. The van der Waals surface area contributed by atoms with E-state index >= 15 is 0 Å². The first-order valence-corrected chi connectivity index (χ1v) is 6.80. The molecule has 0 bridgehead atoms. The van der Waals surface area contributed by atoms with Crippen LogP contribution in [0, 0.1) is 5.92 Å². The van der Waals surface area contributed by atoms with Crippen LogP contribution in [0.1, 0.15) is 20.8 Å². The Morgan fingerprint density at radius 1 is 1.25 bits per heavy atom. The lowest BCUT2D eigenvalue weighted by atomic mass is 9.90. The number of carbonyl (C=O) groups excluding carboxylic acids is 1. The fraction of sp³-hybridized carbons (Fsp3) is 0.455. The zero-order valence-electron chi connectivity index (χ0n) is 9.81. The summed E-state index contributed by atoms with van der Waals surface area (Å²) >= 11 is 0. The second-order valence-electron chi connectivity index (χ2n) is 4.16. The van der Waals surface area contributed by atoms with Crippen LogP contribution in [0.2, 0.25) is 0 Å². The molecule has 0 spiro atoms. The van der Waals surface area contributed by atoms with Crippen molar-refractivity contribution in [2.24, 2.45) is 10.3 Å². The molecule has 16 heavy (non-hydrogen) atoms. The number of nitrogens with zero attached hydrogens (tertiary/aromatic N) is 1. The van der Waals surface area contributed by atoms with Crippen molar-refractivity contribution in [3.8, 4) is 0 Å². The normalized spacial score (nSPS) is 20.1. The van der Waals surface area contributed by atoms with Gasteiger partial charge in [-0.1, -0.05) is 13.8 Å². The Bertz CT molecular complexity index is 507. The third kappa shape index (κ3) is 3.13. The molecule has 0 aliphatic heterocycles. The number of hydrogen-bond donors (Lipinski definition) is 0. The molecule has 1 rings (SSSR count). The van der Waals surface area contributed by atoms with Crippen molar-refractivity contribution in [1.29, 1.82) is 0 Å². The molecule has 0 aromatic carbocycles. The first-order valence-electron chi connectivity index (χ1n) is 4.95. The molecule has 1 aliphatic rings. The van der Waals surface area contributed by atoms with E-state index in [1.165, 1.54) is 6.08 Å². The zero-order valence-corrected chi connectivity index (χ0v) is 10.6. The van der Waals surface area contributed by atoms with Crippen LogP contribution in [-0.2, 0) is 14.8 Å². The van der Waals surface area contributed by atoms with Crippen molar-refractivity contribution in [2.75, 3.05) is 6.26 Å². The minimum Gasteiger partial charge on any atom is -0.290 e. The van der Waals surface area contributed by atoms with Gasteiger partial charge in [-0.3, -0.25) is 4.79 Å². The van der Waals surface area contributed by atoms with Crippen LogP contribution in [0.15, 0.2) is 27.7 Å². The fourth-order valence-electron chi connectivity index (χ4n) is 1.41. The predicted molar refractivity (Wildman–Crippen MR) is 64.0 cm³/mol. The summed E-state index contributed by atoms with van der Waals surface area (Å²) in [6.07, 6.45) is 4.02. The summed E-state index contributed by atoms with van der Waals surface area (Å²) < 4.78 is 25.8. The Kier molecular flexibility index (Phi) is 3.48. The van der Waals surface area contributed by atoms with Crippen LogP contribution >= 0.6 is 0 Å². The maximum absolute atomic E-state index is 11.6. The van der Waals surface area contributed by atoms with Gasteiger partial charge in [0, 0.05) is 5.57 Å². The standard InChI is InChI=1S/C11H15NO3S/c1-7(2)9-6-10(12-16(4,14)15)8(3)5-11(9)13/h5-7H,1-4H3. The largest absolute Gasteiger partial charge is 0.290 e. The molecule has 0 atom stereocenters. The van der Waals surface area contributed by atoms with Gasteiger partial charge in [-0.05, 0) is 30.6 Å². The van der Waals surface area contributed by atoms with Crippen LogP contribution in [0.5, 0.6) is 0 Å². The van der Waals surface area contributed by atoms with E-state index in [1.54, 1.807) is 13.0 Å². The lowest BCUT2D eigenvalue weighted by molar-refractivity contribution is -0.111. The molecule has 0 saturated heterocycles. The molecular weight excluding hydrogens is 226 g/mol. The lowest BCUT2D eigenvalue weighted by Crippen LogP contribution is -2.16. The summed E-state index contributed by atoms with van der Waals surface area (Å²) in [6, 6.07) is 0. The van der Waals surface area contributed by atoms with Crippen LogP contribution in [0.3, 0.4) is 0 Å². The average molecular weight is 241 g/mol. The smallest absolute Gasteiger partial charge is 0.250 e. The molecule has 88 valence electrons. The highest BCUT2D eigenvalue weighted by molar-refractivity contribution is 7.89. The number of sulfonamides is 1.